The molecule has 0 radical (unpaired) electrons. The van der Waals surface area contributed by atoms with E-state index in [1.165, 1.54) is 4.90 Å². The number of fused-ring (bicyclic) bond motifs is 3. The van der Waals surface area contributed by atoms with Gasteiger partial charge in [-0.3, -0.25) is 0 Å². The summed E-state index contributed by atoms with van der Waals surface area (Å²) < 4.78 is 0.395. The summed E-state index contributed by atoms with van der Waals surface area (Å²) in [5.41, 5.74) is 0. The van der Waals surface area contributed by atoms with Crippen LogP contribution in [0.2, 0.25) is 0 Å². The first-order valence-corrected chi connectivity index (χ1v) is 7.78. The molecule has 2 fully saturated rings. The zero-order valence-electron chi connectivity index (χ0n) is 8.00. The van der Waals surface area contributed by atoms with Crippen LogP contribution in [0.5, 0.6) is 0 Å². The predicted octanol–water partition coefficient (Wildman–Crippen LogP) is 3.64. The Balaban J connectivity index is 1.60. The lowest BCUT2D eigenvalue weighted by Crippen LogP contribution is -2.16. The van der Waals surface area contributed by atoms with Gasteiger partial charge in [0.25, 0.3) is 0 Å². The van der Waals surface area contributed by atoms with Crippen LogP contribution in [0.3, 0.4) is 0 Å². The molecule has 0 bridgehead atoms. The van der Waals surface area contributed by atoms with Crippen molar-refractivity contribution in [2.24, 2.45) is 0 Å². The third kappa shape index (κ3) is 1.40. The second-order valence-corrected chi connectivity index (χ2v) is 8.49. The molecule has 3 aliphatic rings. The zero-order valence-corrected chi connectivity index (χ0v) is 10.4. The molecule has 1 aliphatic carbocycles. The lowest BCUT2D eigenvalue weighted by atomic mass is 10.1. The Kier molecular flexibility index (Phi) is 1.83. The Morgan fingerprint density at radius 2 is 2.07 bits per heavy atom. The Labute approximate surface area is 102 Å². The third-order valence-electron chi connectivity index (χ3n) is 3.05. The smallest absolute Gasteiger partial charge is 0.0972 e. The van der Waals surface area contributed by atoms with Crippen molar-refractivity contribution in [3.05, 3.63) is 42.5 Å². The fourth-order valence-electron chi connectivity index (χ4n) is 2.15. The molecule has 4 unspecified atom stereocenters. The molecule has 2 heterocycles. The van der Waals surface area contributed by atoms with Gasteiger partial charge in [0.1, 0.15) is 0 Å². The van der Waals surface area contributed by atoms with Crippen molar-refractivity contribution < 1.29 is 0 Å². The van der Waals surface area contributed by atoms with Crippen molar-refractivity contribution in [3.8, 4) is 0 Å². The van der Waals surface area contributed by atoms with Crippen molar-refractivity contribution in [2.75, 3.05) is 0 Å². The molecule has 0 N–H and O–H groups in total. The van der Waals surface area contributed by atoms with E-state index in [-0.39, 0.29) is 0 Å². The van der Waals surface area contributed by atoms with Gasteiger partial charge in [-0.05, 0) is 12.1 Å². The molecule has 76 valence electrons. The summed E-state index contributed by atoms with van der Waals surface area (Å²) in [4.78, 5) is 1.40. The molecule has 2 saturated heterocycles. The maximum absolute atomic E-state index is 2.45. The van der Waals surface area contributed by atoms with Crippen LogP contribution >= 0.6 is 35.3 Å². The van der Waals surface area contributed by atoms with Gasteiger partial charge in [0.05, 0.1) is 4.08 Å². The molecular weight excluding hydrogens is 240 g/mol. The van der Waals surface area contributed by atoms with Gasteiger partial charge in [0, 0.05) is 20.6 Å². The SMILES string of the molecule is C1=CC2(Sc3ccccc3)SC2C2SC12. The van der Waals surface area contributed by atoms with Crippen molar-refractivity contribution in [3.63, 3.8) is 0 Å². The van der Waals surface area contributed by atoms with E-state index in [1.807, 2.05) is 11.8 Å². The van der Waals surface area contributed by atoms with E-state index in [9.17, 15) is 0 Å². The molecule has 1 aromatic rings. The Morgan fingerprint density at radius 1 is 1.20 bits per heavy atom. The average Bonchev–Trinajstić information content (AvgIpc) is 3.10. The minimum atomic E-state index is 0.395. The summed E-state index contributed by atoms with van der Waals surface area (Å²) >= 11 is 6.32. The minimum absolute atomic E-state index is 0.395. The van der Waals surface area contributed by atoms with Crippen molar-refractivity contribution in [2.45, 2.75) is 24.7 Å². The summed E-state index contributed by atoms with van der Waals surface area (Å²) in [5.74, 6) is 0. The van der Waals surface area contributed by atoms with Gasteiger partial charge in [0.2, 0.25) is 0 Å². The topological polar surface area (TPSA) is 0 Å². The summed E-state index contributed by atoms with van der Waals surface area (Å²) in [5, 5.41) is 2.66. The highest BCUT2D eigenvalue weighted by atomic mass is 32.2. The molecule has 3 heteroatoms. The molecule has 0 aromatic heterocycles. The summed E-state index contributed by atoms with van der Waals surface area (Å²) in [6, 6.07) is 10.8. The van der Waals surface area contributed by atoms with Gasteiger partial charge in [-0.25, -0.2) is 0 Å². The predicted molar refractivity (Wildman–Crippen MR) is 70.7 cm³/mol. The Bertz CT molecular complexity index is 428. The zero-order chi connectivity index (χ0) is 9.88. The highest BCUT2D eigenvalue weighted by molar-refractivity contribution is 8.26. The quantitative estimate of drug-likeness (QED) is 0.581. The van der Waals surface area contributed by atoms with Crippen molar-refractivity contribution in [1.29, 1.82) is 0 Å². The van der Waals surface area contributed by atoms with Crippen LogP contribution in [0, 0.1) is 0 Å². The number of rotatable bonds is 2. The minimum Gasteiger partial charge on any atom is -0.147 e. The molecule has 2 aliphatic heterocycles. The molecule has 15 heavy (non-hydrogen) atoms. The highest BCUT2D eigenvalue weighted by Crippen LogP contribution is 2.73. The number of hydrogen-bond acceptors (Lipinski definition) is 3. The second-order valence-electron chi connectivity index (χ2n) is 4.10. The van der Waals surface area contributed by atoms with Gasteiger partial charge in [-0.15, -0.1) is 35.3 Å². The lowest BCUT2D eigenvalue weighted by Gasteiger charge is -2.12. The molecule has 4 atom stereocenters. The standard InChI is InChI=1S/C12H10S3/c1-2-4-8(5-3-1)14-12-7-6-9-10(13-9)11(12)15-12/h1-7,9-11H. The average molecular weight is 250 g/mol. The molecule has 0 nitrogen and oxygen atoms in total. The summed E-state index contributed by atoms with van der Waals surface area (Å²) in [7, 11) is 0. The Hall–Kier alpha value is 0.01000. The van der Waals surface area contributed by atoms with E-state index >= 15 is 0 Å². The Morgan fingerprint density at radius 3 is 2.93 bits per heavy atom. The van der Waals surface area contributed by atoms with E-state index in [1.54, 1.807) is 0 Å². The molecular formula is C12H10S3. The lowest BCUT2D eigenvalue weighted by molar-refractivity contribution is 0.902. The number of thioether (sulfide) groups is 3. The van der Waals surface area contributed by atoms with Crippen LogP contribution in [0.15, 0.2) is 47.4 Å². The number of benzene rings is 1. The van der Waals surface area contributed by atoms with Gasteiger partial charge in [-0.1, -0.05) is 30.4 Å². The fourth-order valence-corrected chi connectivity index (χ4v) is 6.85. The van der Waals surface area contributed by atoms with Gasteiger partial charge in [0.15, 0.2) is 0 Å². The summed E-state index contributed by atoms with van der Waals surface area (Å²) in [6.07, 6.45) is 4.86. The molecule has 4 rings (SSSR count). The van der Waals surface area contributed by atoms with Gasteiger partial charge >= 0.3 is 0 Å². The first-order valence-electron chi connectivity index (χ1n) is 5.14. The van der Waals surface area contributed by atoms with Crippen LogP contribution in [-0.4, -0.2) is 19.8 Å². The van der Waals surface area contributed by atoms with Crippen LogP contribution in [-0.2, 0) is 0 Å². The van der Waals surface area contributed by atoms with Crippen molar-refractivity contribution >= 4 is 35.3 Å². The van der Waals surface area contributed by atoms with Crippen LogP contribution in [0.25, 0.3) is 0 Å². The van der Waals surface area contributed by atoms with Crippen LogP contribution < -0.4 is 0 Å². The maximum Gasteiger partial charge on any atom is 0.0972 e. The van der Waals surface area contributed by atoms with E-state index in [2.05, 4.69) is 66.0 Å². The number of hydrogen-bond donors (Lipinski definition) is 0. The monoisotopic (exact) mass is 250 g/mol. The first kappa shape index (κ1) is 9.08. The van der Waals surface area contributed by atoms with Gasteiger partial charge in [-0.2, -0.15) is 0 Å². The van der Waals surface area contributed by atoms with Gasteiger partial charge < -0.3 is 0 Å². The van der Waals surface area contributed by atoms with Crippen molar-refractivity contribution in [1.82, 2.24) is 0 Å². The molecule has 0 amide bonds. The van der Waals surface area contributed by atoms with E-state index < -0.39 is 0 Å². The van der Waals surface area contributed by atoms with E-state index in [0.29, 0.717) is 4.08 Å². The van der Waals surface area contributed by atoms with E-state index in [0.717, 1.165) is 15.7 Å². The van der Waals surface area contributed by atoms with Crippen LogP contribution in [0.4, 0.5) is 0 Å². The molecule has 1 aromatic carbocycles. The molecule has 0 spiro atoms. The highest BCUT2D eigenvalue weighted by Gasteiger charge is 2.66. The summed E-state index contributed by atoms with van der Waals surface area (Å²) in [6.45, 7) is 0. The fraction of sp³-hybridized carbons (Fsp3) is 0.333. The van der Waals surface area contributed by atoms with Crippen LogP contribution in [0.1, 0.15) is 0 Å². The second kappa shape index (κ2) is 3.02. The van der Waals surface area contributed by atoms with E-state index in [4.69, 9.17) is 0 Å². The normalized spacial score (nSPS) is 44.4. The third-order valence-corrected chi connectivity index (χ3v) is 7.88. The first-order chi connectivity index (χ1) is 7.37. The maximum atomic E-state index is 2.45. The molecule has 0 saturated carbocycles. The largest absolute Gasteiger partial charge is 0.147 e.